The predicted octanol–water partition coefficient (Wildman–Crippen LogP) is 0.635. The van der Waals surface area contributed by atoms with Gasteiger partial charge in [-0.15, -0.1) is 0 Å². The van der Waals surface area contributed by atoms with Crippen molar-refractivity contribution in [1.29, 1.82) is 0 Å². The fraction of sp³-hybridized carbons (Fsp3) is 0.909. The molecule has 94 valence electrons. The van der Waals surface area contributed by atoms with E-state index in [4.69, 9.17) is 14.6 Å². The van der Waals surface area contributed by atoms with Crippen molar-refractivity contribution < 1.29 is 19.4 Å². The van der Waals surface area contributed by atoms with Gasteiger partial charge in [0.05, 0.1) is 0 Å². The summed E-state index contributed by atoms with van der Waals surface area (Å²) in [7, 11) is 1.65. The first-order valence-corrected chi connectivity index (χ1v) is 5.79. The molecular weight excluding hydrogens is 210 g/mol. The summed E-state index contributed by atoms with van der Waals surface area (Å²) in [6.07, 6.45) is 3.57. The number of methoxy groups -OCH3 is 1. The summed E-state index contributed by atoms with van der Waals surface area (Å²) < 4.78 is 10.2. The number of hydrogen-bond acceptors (Lipinski definition) is 4. The van der Waals surface area contributed by atoms with Gasteiger partial charge in [-0.05, 0) is 25.7 Å². The molecule has 0 heterocycles. The highest BCUT2D eigenvalue weighted by Crippen LogP contribution is 2.19. The Balaban J connectivity index is 2.00. The normalized spacial score (nSPS) is 17.3. The van der Waals surface area contributed by atoms with E-state index in [1.807, 2.05) is 0 Å². The van der Waals surface area contributed by atoms with Crippen molar-refractivity contribution in [2.45, 2.75) is 37.8 Å². The second-order valence-electron chi connectivity index (χ2n) is 4.08. The van der Waals surface area contributed by atoms with Crippen LogP contribution in [0.3, 0.4) is 0 Å². The summed E-state index contributed by atoms with van der Waals surface area (Å²) in [4.78, 5) is 10.9. The summed E-state index contributed by atoms with van der Waals surface area (Å²) >= 11 is 0. The summed E-state index contributed by atoms with van der Waals surface area (Å²) in [5, 5.41) is 12.0. The molecule has 0 aliphatic heterocycles. The largest absolute Gasteiger partial charge is 0.480 e. The third kappa shape index (κ3) is 6.05. The van der Waals surface area contributed by atoms with Gasteiger partial charge in [0.25, 0.3) is 0 Å². The van der Waals surface area contributed by atoms with Gasteiger partial charge < -0.3 is 19.9 Å². The summed E-state index contributed by atoms with van der Waals surface area (Å²) in [5.74, 6) is -0.785. The first-order valence-electron chi connectivity index (χ1n) is 5.79. The van der Waals surface area contributed by atoms with Crippen molar-refractivity contribution in [2.24, 2.45) is 0 Å². The van der Waals surface area contributed by atoms with Gasteiger partial charge in [0, 0.05) is 33.0 Å². The quantitative estimate of drug-likeness (QED) is 0.540. The van der Waals surface area contributed by atoms with Crippen LogP contribution in [-0.2, 0) is 14.3 Å². The minimum absolute atomic E-state index is 0.412. The van der Waals surface area contributed by atoms with Crippen molar-refractivity contribution in [3.63, 3.8) is 0 Å². The Morgan fingerprint density at radius 2 is 2.19 bits per heavy atom. The predicted molar refractivity (Wildman–Crippen MR) is 59.5 cm³/mol. The molecule has 0 saturated heterocycles. The van der Waals surface area contributed by atoms with E-state index >= 15 is 0 Å². The second kappa shape index (κ2) is 7.60. The molecule has 0 bridgehead atoms. The molecule has 16 heavy (non-hydrogen) atoms. The minimum atomic E-state index is -0.785. The van der Waals surface area contributed by atoms with Crippen molar-refractivity contribution in [3.8, 4) is 0 Å². The van der Waals surface area contributed by atoms with Gasteiger partial charge in [0.2, 0.25) is 0 Å². The molecule has 0 amide bonds. The van der Waals surface area contributed by atoms with Crippen LogP contribution in [0.2, 0.25) is 0 Å². The molecule has 0 aromatic carbocycles. The van der Waals surface area contributed by atoms with Gasteiger partial charge in [0.15, 0.2) is 0 Å². The maximum Gasteiger partial charge on any atom is 0.320 e. The first-order chi connectivity index (χ1) is 7.74. The Morgan fingerprint density at radius 1 is 1.44 bits per heavy atom. The highest BCUT2D eigenvalue weighted by molar-refractivity contribution is 5.73. The lowest BCUT2D eigenvalue weighted by Crippen LogP contribution is -2.39. The number of carboxylic acids is 1. The SMILES string of the molecule is COCCCOCCC(NC1CC1)C(=O)O. The van der Waals surface area contributed by atoms with Crippen LogP contribution in [0.5, 0.6) is 0 Å². The van der Waals surface area contributed by atoms with Gasteiger partial charge in [-0.3, -0.25) is 4.79 Å². The van der Waals surface area contributed by atoms with Crippen LogP contribution in [0, 0.1) is 0 Å². The second-order valence-corrected chi connectivity index (χ2v) is 4.08. The van der Waals surface area contributed by atoms with Gasteiger partial charge in [-0.1, -0.05) is 0 Å². The zero-order chi connectivity index (χ0) is 11.8. The highest BCUT2D eigenvalue weighted by Gasteiger charge is 2.27. The fourth-order valence-corrected chi connectivity index (χ4v) is 1.42. The monoisotopic (exact) mass is 231 g/mol. The van der Waals surface area contributed by atoms with Gasteiger partial charge in [-0.25, -0.2) is 0 Å². The Hall–Kier alpha value is -0.650. The standard InChI is InChI=1S/C11H21NO4/c1-15-6-2-7-16-8-5-10(11(13)14)12-9-3-4-9/h9-10,12H,2-8H2,1H3,(H,13,14). The maximum atomic E-state index is 10.9. The van der Waals surface area contributed by atoms with E-state index < -0.39 is 12.0 Å². The van der Waals surface area contributed by atoms with E-state index in [1.165, 1.54) is 0 Å². The van der Waals surface area contributed by atoms with Crippen LogP contribution in [0.15, 0.2) is 0 Å². The average Bonchev–Trinajstić information content (AvgIpc) is 3.05. The third-order valence-electron chi connectivity index (χ3n) is 2.50. The molecule has 1 unspecified atom stereocenters. The minimum Gasteiger partial charge on any atom is -0.480 e. The Bertz CT molecular complexity index is 206. The topological polar surface area (TPSA) is 67.8 Å². The summed E-state index contributed by atoms with van der Waals surface area (Å²) in [6.45, 7) is 1.80. The Morgan fingerprint density at radius 3 is 2.75 bits per heavy atom. The number of rotatable bonds is 10. The number of carbonyl (C=O) groups is 1. The van der Waals surface area contributed by atoms with Gasteiger partial charge in [-0.2, -0.15) is 0 Å². The lowest BCUT2D eigenvalue weighted by Gasteiger charge is -2.13. The van der Waals surface area contributed by atoms with E-state index in [1.54, 1.807) is 7.11 Å². The van der Waals surface area contributed by atoms with E-state index in [2.05, 4.69) is 5.32 Å². The van der Waals surface area contributed by atoms with Crippen LogP contribution in [-0.4, -0.2) is 50.1 Å². The van der Waals surface area contributed by atoms with Crippen molar-refractivity contribution >= 4 is 5.97 Å². The molecule has 1 aliphatic rings. The van der Waals surface area contributed by atoms with Crippen molar-refractivity contribution in [2.75, 3.05) is 26.9 Å². The van der Waals surface area contributed by atoms with E-state index in [0.29, 0.717) is 32.3 Å². The Labute approximate surface area is 96.1 Å². The molecule has 5 heteroatoms. The number of carboxylic acid groups (broad SMARTS) is 1. The van der Waals surface area contributed by atoms with E-state index in [0.717, 1.165) is 19.3 Å². The average molecular weight is 231 g/mol. The fourth-order valence-electron chi connectivity index (χ4n) is 1.42. The molecule has 1 fully saturated rings. The molecule has 1 rings (SSSR count). The summed E-state index contributed by atoms with van der Waals surface area (Å²) in [5.41, 5.74) is 0. The number of nitrogens with one attached hydrogen (secondary N) is 1. The van der Waals surface area contributed by atoms with Crippen LogP contribution in [0.1, 0.15) is 25.7 Å². The molecule has 1 atom stereocenters. The molecule has 0 aromatic rings. The van der Waals surface area contributed by atoms with Crippen LogP contribution in [0.4, 0.5) is 0 Å². The molecule has 0 aromatic heterocycles. The molecule has 2 N–H and O–H groups in total. The number of hydrogen-bond donors (Lipinski definition) is 2. The maximum absolute atomic E-state index is 10.9. The molecule has 1 saturated carbocycles. The first kappa shape index (κ1) is 13.4. The van der Waals surface area contributed by atoms with E-state index in [9.17, 15) is 4.79 Å². The van der Waals surface area contributed by atoms with Gasteiger partial charge >= 0.3 is 5.97 Å². The number of ether oxygens (including phenoxy) is 2. The number of aliphatic carboxylic acids is 1. The zero-order valence-electron chi connectivity index (χ0n) is 9.78. The lowest BCUT2D eigenvalue weighted by atomic mass is 10.2. The van der Waals surface area contributed by atoms with Crippen molar-refractivity contribution in [3.05, 3.63) is 0 Å². The Kier molecular flexibility index (Phi) is 6.37. The van der Waals surface area contributed by atoms with Crippen LogP contribution in [0.25, 0.3) is 0 Å². The van der Waals surface area contributed by atoms with E-state index in [-0.39, 0.29) is 0 Å². The highest BCUT2D eigenvalue weighted by atomic mass is 16.5. The molecule has 5 nitrogen and oxygen atoms in total. The smallest absolute Gasteiger partial charge is 0.320 e. The van der Waals surface area contributed by atoms with Crippen LogP contribution < -0.4 is 5.32 Å². The lowest BCUT2D eigenvalue weighted by molar-refractivity contribution is -0.140. The molecule has 0 radical (unpaired) electrons. The summed E-state index contributed by atoms with van der Waals surface area (Å²) in [6, 6.07) is -0.0514. The van der Waals surface area contributed by atoms with Gasteiger partial charge in [0.1, 0.15) is 6.04 Å². The molecule has 1 aliphatic carbocycles. The van der Waals surface area contributed by atoms with Crippen LogP contribution >= 0.6 is 0 Å². The van der Waals surface area contributed by atoms with Crippen molar-refractivity contribution in [1.82, 2.24) is 5.32 Å². The molecule has 0 spiro atoms. The zero-order valence-corrected chi connectivity index (χ0v) is 9.78. The molecular formula is C11H21NO4. The third-order valence-corrected chi connectivity index (χ3v) is 2.50.